The van der Waals surface area contributed by atoms with Crippen LogP contribution in [0.1, 0.15) is 38.9 Å². The number of rotatable bonds is 2. The van der Waals surface area contributed by atoms with E-state index in [1.807, 2.05) is 12.1 Å². The Morgan fingerprint density at radius 1 is 1.32 bits per heavy atom. The molecule has 2 nitrogen and oxygen atoms in total. The Bertz CT molecular complexity index is 466. The lowest BCUT2D eigenvalue weighted by molar-refractivity contribution is 0.122. The highest BCUT2D eigenvalue weighted by atomic mass is 79.9. The maximum atomic E-state index is 6.56. The van der Waals surface area contributed by atoms with Gasteiger partial charge in [0, 0.05) is 16.5 Å². The molecule has 2 rings (SSSR count). The van der Waals surface area contributed by atoms with E-state index in [2.05, 4.69) is 55.9 Å². The highest BCUT2D eigenvalue weighted by molar-refractivity contribution is 9.10. The lowest BCUT2D eigenvalue weighted by Gasteiger charge is -2.40. The second-order valence-corrected chi connectivity index (χ2v) is 12.4. The molecule has 1 aromatic rings. The van der Waals surface area contributed by atoms with Crippen LogP contribution in [0.3, 0.4) is 0 Å². The molecule has 1 heterocycles. The van der Waals surface area contributed by atoms with Gasteiger partial charge in [-0.15, -0.1) is 0 Å². The number of hydrogen-bond donors (Lipinski definition) is 0. The predicted molar refractivity (Wildman–Crippen MR) is 85.3 cm³/mol. The van der Waals surface area contributed by atoms with E-state index in [1.54, 1.807) is 0 Å². The fourth-order valence-corrected chi connectivity index (χ4v) is 3.68. The molecule has 4 heteroatoms. The zero-order valence-electron chi connectivity index (χ0n) is 12.4. The largest absolute Gasteiger partial charge is 0.493 e. The minimum Gasteiger partial charge on any atom is -0.493 e. The van der Waals surface area contributed by atoms with Gasteiger partial charge in [-0.3, -0.25) is 0 Å². The minimum atomic E-state index is -1.75. The van der Waals surface area contributed by atoms with Gasteiger partial charge in [0.05, 0.1) is 12.7 Å². The highest BCUT2D eigenvalue weighted by Gasteiger charge is 2.40. The maximum absolute atomic E-state index is 6.56. The van der Waals surface area contributed by atoms with Crippen LogP contribution in [0.15, 0.2) is 22.7 Å². The van der Waals surface area contributed by atoms with Crippen LogP contribution >= 0.6 is 15.9 Å². The van der Waals surface area contributed by atoms with Gasteiger partial charge in [-0.25, -0.2) is 0 Å². The lowest BCUT2D eigenvalue weighted by atomic mass is 10.0. The van der Waals surface area contributed by atoms with Crippen LogP contribution in [0.4, 0.5) is 0 Å². The van der Waals surface area contributed by atoms with Gasteiger partial charge in [0.1, 0.15) is 5.75 Å². The van der Waals surface area contributed by atoms with Crippen LogP contribution in [-0.4, -0.2) is 14.9 Å². The van der Waals surface area contributed by atoms with Crippen molar-refractivity contribution in [2.75, 3.05) is 6.61 Å². The fraction of sp³-hybridized carbons (Fsp3) is 0.600. The van der Waals surface area contributed by atoms with Gasteiger partial charge in [-0.05, 0) is 36.3 Å². The quantitative estimate of drug-likeness (QED) is 0.679. The molecule has 0 aliphatic carbocycles. The van der Waals surface area contributed by atoms with Gasteiger partial charge in [-0.1, -0.05) is 36.7 Å². The van der Waals surface area contributed by atoms with Crippen LogP contribution in [0.25, 0.3) is 0 Å². The number of ether oxygens (including phenoxy) is 1. The van der Waals surface area contributed by atoms with Crippen LogP contribution in [0, 0.1) is 0 Å². The third kappa shape index (κ3) is 3.23. The van der Waals surface area contributed by atoms with Crippen LogP contribution in [-0.2, 0) is 4.43 Å². The number of hydrogen-bond acceptors (Lipinski definition) is 2. The molecule has 0 amide bonds. The standard InChI is InChI=1S/C15H23BrO2Si/c1-15(2,3)19(4,5)18-14-8-9-17-13-7-6-11(16)10-12(13)14/h6-7,10,14H,8-9H2,1-5H3/t14-/m0/s1. The second kappa shape index (κ2) is 5.22. The molecule has 0 saturated heterocycles. The van der Waals surface area contributed by atoms with Crippen molar-refractivity contribution in [3.8, 4) is 5.75 Å². The topological polar surface area (TPSA) is 18.5 Å². The van der Waals surface area contributed by atoms with E-state index < -0.39 is 8.32 Å². The van der Waals surface area contributed by atoms with Crippen molar-refractivity contribution in [1.82, 2.24) is 0 Å². The summed E-state index contributed by atoms with van der Waals surface area (Å²) >= 11 is 3.54. The summed E-state index contributed by atoms with van der Waals surface area (Å²) in [5.74, 6) is 0.971. The first-order valence-corrected chi connectivity index (χ1v) is 10.5. The third-order valence-electron chi connectivity index (χ3n) is 4.20. The van der Waals surface area contributed by atoms with E-state index in [9.17, 15) is 0 Å². The zero-order valence-corrected chi connectivity index (χ0v) is 15.0. The molecule has 1 aliphatic heterocycles. The van der Waals surface area contributed by atoms with Gasteiger partial charge in [0.2, 0.25) is 0 Å². The van der Waals surface area contributed by atoms with Gasteiger partial charge in [0.25, 0.3) is 0 Å². The average Bonchev–Trinajstić information content (AvgIpc) is 2.28. The Kier molecular flexibility index (Phi) is 4.14. The van der Waals surface area contributed by atoms with Crippen molar-refractivity contribution in [1.29, 1.82) is 0 Å². The number of benzene rings is 1. The summed E-state index contributed by atoms with van der Waals surface area (Å²) in [6.07, 6.45) is 1.11. The summed E-state index contributed by atoms with van der Waals surface area (Å²) in [7, 11) is -1.75. The van der Waals surface area contributed by atoms with Gasteiger partial charge in [0.15, 0.2) is 8.32 Å². The smallest absolute Gasteiger partial charge is 0.192 e. The molecule has 0 saturated carbocycles. The molecule has 1 atom stereocenters. The Morgan fingerprint density at radius 3 is 2.63 bits per heavy atom. The second-order valence-electron chi connectivity index (χ2n) is 6.69. The minimum absolute atomic E-state index is 0.169. The van der Waals surface area contributed by atoms with Crippen molar-refractivity contribution in [2.24, 2.45) is 0 Å². The van der Waals surface area contributed by atoms with E-state index in [0.29, 0.717) is 0 Å². The van der Waals surface area contributed by atoms with Gasteiger partial charge in [-0.2, -0.15) is 0 Å². The first-order valence-electron chi connectivity index (χ1n) is 6.81. The lowest BCUT2D eigenvalue weighted by Crippen LogP contribution is -2.42. The predicted octanol–water partition coefficient (Wildman–Crippen LogP) is 5.29. The summed E-state index contributed by atoms with van der Waals surface area (Å²) in [4.78, 5) is 0. The molecule has 0 radical (unpaired) electrons. The molecule has 1 aromatic carbocycles. The molecule has 0 unspecified atom stereocenters. The molecule has 0 fully saturated rings. The van der Waals surface area contributed by atoms with Gasteiger partial charge >= 0.3 is 0 Å². The Hall–Kier alpha value is -0.323. The molecule has 106 valence electrons. The molecule has 1 aliphatic rings. The van der Waals surface area contributed by atoms with Crippen molar-refractivity contribution in [3.05, 3.63) is 28.2 Å². The zero-order chi connectivity index (χ0) is 14.3. The van der Waals surface area contributed by atoms with E-state index in [-0.39, 0.29) is 11.1 Å². The van der Waals surface area contributed by atoms with E-state index in [4.69, 9.17) is 9.16 Å². The highest BCUT2D eigenvalue weighted by Crippen LogP contribution is 2.43. The van der Waals surface area contributed by atoms with Crippen molar-refractivity contribution < 1.29 is 9.16 Å². The first kappa shape index (κ1) is 15.1. The molecular weight excluding hydrogens is 320 g/mol. The van der Waals surface area contributed by atoms with Crippen LogP contribution < -0.4 is 4.74 Å². The third-order valence-corrected chi connectivity index (χ3v) is 9.18. The van der Waals surface area contributed by atoms with E-state index >= 15 is 0 Å². The molecule has 0 spiro atoms. The van der Waals surface area contributed by atoms with Crippen molar-refractivity contribution in [2.45, 2.75) is 51.4 Å². The van der Waals surface area contributed by atoms with Gasteiger partial charge < -0.3 is 9.16 Å². The summed E-state index contributed by atoms with van der Waals surface area (Å²) in [5, 5.41) is 0.234. The SMILES string of the molecule is CC(C)(C)[Si](C)(C)O[C@H]1CCOc2ccc(Br)cc21. The number of fused-ring (bicyclic) bond motifs is 1. The molecular formula is C15H23BrO2Si. The number of halogens is 1. The summed E-state index contributed by atoms with van der Waals surface area (Å²) < 4.78 is 13.4. The Labute approximate surface area is 125 Å². The summed E-state index contributed by atoms with van der Waals surface area (Å²) in [5.41, 5.74) is 1.19. The van der Waals surface area contributed by atoms with Crippen LogP contribution in [0.2, 0.25) is 18.1 Å². The average molecular weight is 343 g/mol. The molecule has 0 N–H and O–H groups in total. The Morgan fingerprint density at radius 2 is 2.00 bits per heavy atom. The summed E-state index contributed by atoms with van der Waals surface area (Å²) in [6.45, 7) is 12.2. The monoisotopic (exact) mass is 342 g/mol. The maximum Gasteiger partial charge on any atom is 0.192 e. The van der Waals surface area contributed by atoms with E-state index in [0.717, 1.165) is 23.2 Å². The fourth-order valence-electron chi connectivity index (χ4n) is 1.99. The van der Waals surface area contributed by atoms with Crippen molar-refractivity contribution in [3.63, 3.8) is 0 Å². The normalized spacial score (nSPS) is 19.8. The van der Waals surface area contributed by atoms with Crippen LogP contribution in [0.5, 0.6) is 5.75 Å². The molecule has 0 bridgehead atoms. The first-order chi connectivity index (χ1) is 8.71. The molecule has 0 aromatic heterocycles. The summed E-state index contributed by atoms with van der Waals surface area (Å²) in [6, 6.07) is 6.18. The molecule has 19 heavy (non-hydrogen) atoms. The Balaban J connectivity index is 2.27. The van der Waals surface area contributed by atoms with Crippen molar-refractivity contribution >= 4 is 24.2 Å². The van der Waals surface area contributed by atoms with E-state index in [1.165, 1.54) is 5.56 Å².